The molecule has 39 heavy (non-hydrogen) atoms. The van der Waals surface area contributed by atoms with E-state index in [0.29, 0.717) is 18.7 Å². The Morgan fingerprint density at radius 1 is 0.872 bits per heavy atom. The first-order valence-corrected chi connectivity index (χ1v) is 14.4. The van der Waals surface area contributed by atoms with Crippen LogP contribution in [-0.2, 0) is 32.8 Å². The van der Waals surface area contributed by atoms with E-state index in [1.165, 1.54) is 19.0 Å². The number of amides is 2. The van der Waals surface area contributed by atoms with Crippen molar-refractivity contribution in [1.82, 2.24) is 14.5 Å². The number of aryl methyl sites for hydroxylation is 1. The minimum Gasteiger partial charge on any atom is -0.354 e. The smallest absolute Gasteiger partial charge is 0.304 e. The van der Waals surface area contributed by atoms with Gasteiger partial charge in [0, 0.05) is 33.6 Å². The topological polar surface area (TPSA) is 90.0 Å². The lowest BCUT2D eigenvalue weighted by atomic mass is 10.0. The Morgan fingerprint density at radius 2 is 1.49 bits per heavy atom. The molecule has 1 atom stereocenters. The minimum atomic E-state index is -4.00. The van der Waals surface area contributed by atoms with E-state index in [2.05, 4.69) is 5.32 Å². The van der Waals surface area contributed by atoms with Gasteiger partial charge in [-0.15, -0.1) is 0 Å². The molecule has 0 aliphatic heterocycles. The summed E-state index contributed by atoms with van der Waals surface area (Å²) in [5, 5.41) is 2.95. The van der Waals surface area contributed by atoms with E-state index < -0.39 is 28.7 Å². The second-order valence-corrected chi connectivity index (χ2v) is 11.7. The standard InChI is InChI=1S/C30H38N4O4S/c1-5-19-31-30(36)28(21-25-14-8-6-9-15-25)33(22-26-16-12-13-24(2)20-26)29(35)23-34(39(37,38)32(3)4)27-17-10-7-11-18-27/h6-18,20,28H,5,19,21-23H2,1-4H3,(H,31,36)/t28-/m1/s1. The highest BCUT2D eigenvalue weighted by molar-refractivity contribution is 7.90. The molecule has 9 heteroatoms. The molecule has 0 saturated carbocycles. The van der Waals surface area contributed by atoms with Crippen LogP contribution in [0.5, 0.6) is 0 Å². The van der Waals surface area contributed by atoms with Crippen molar-refractivity contribution >= 4 is 27.7 Å². The summed E-state index contributed by atoms with van der Waals surface area (Å²) in [7, 11) is -1.15. The monoisotopic (exact) mass is 550 g/mol. The molecule has 3 rings (SSSR count). The van der Waals surface area contributed by atoms with Crippen LogP contribution in [0.25, 0.3) is 0 Å². The molecule has 0 bridgehead atoms. The molecule has 0 radical (unpaired) electrons. The van der Waals surface area contributed by atoms with E-state index in [0.717, 1.165) is 31.7 Å². The molecule has 0 saturated heterocycles. The summed E-state index contributed by atoms with van der Waals surface area (Å²) in [6.07, 6.45) is 1.04. The predicted molar refractivity (Wildman–Crippen MR) is 155 cm³/mol. The minimum absolute atomic E-state index is 0.155. The van der Waals surface area contributed by atoms with Crippen molar-refractivity contribution in [3.63, 3.8) is 0 Å². The first kappa shape index (κ1) is 29.9. The SMILES string of the molecule is CCCNC(=O)[C@@H](Cc1ccccc1)N(Cc1cccc(C)c1)C(=O)CN(c1ccccc1)S(=O)(=O)N(C)C. The molecule has 0 aliphatic carbocycles. The molecule has 0 spiro atoms. The molecule has 0 aromatic heterocycles. The predicted octanol–water partition coefficient (Wildman–Crippen LogP) is 3.77. The van der Waals surface area contributed by atoms with Crippen LogP contribution in [0.3, 0.4) is 0 Å². The lowest BCUT2D eigenvalue weighted by molar-refractivity contribution is -0.140. The number of rotatable bonds is 13. The number of hydrogen-bond donors (Lipinski definition) is 1. The summed E-state index contributed by atoms with van der Waals surface area (Å²) >= 11 is 0. The Balaban J connectivity index is 2.06. The molecule has 0 fully saturated rings. The third kappa shape index (κ3) is 8.15. The van der Waals surface area contributed by atoms with Crippen molar-refractivity contribution in [2.45, 2.75) is 39.3 Å². The molecule has 0 heterocycles. The Morgan fingerprint density at radius 3 is 2.08 bits per heavy atom. The first-order chi connectivity index (χ1) is 18.6. The maximum Gasteiger partial charge on any atom is 0.304 e. The molecule has 208 valence electrons. The van der Waals surface area contributed by atoms with Crippen LogP contribution >= 0.6 is 0 Å². The van der Waals surface area contributed by atoms with Gasteiger partial charge in [-0.2, -0.15) is 12.7 Å². The van der Waals surface area contributed by atoms with Crippen molar-refractivity contribution in [2.75, 3.05) is 31.5 Å². The largest absolute Gasteiger partial charge is 0.354 e. The maximum atomic E-state index is 14.1. The lowest BCUT2D eigenvalue weighted by Gasteiger charge is -2.34. The van der Waals surface area contributed by atoms with Crippen LogP contribution in [0.15, 0.2) is 84.9 Å². The number of nitrogens with one attached hydrogen (secondary N) is 1. The van der Waals surface area contributed by atoms with E-state index >= 15 is 0 Å². The van der Waals surface area contributed by atoms with Crippen LogP contribution in [0.4, 0.5) is 5.69 Å². The van der Waals surface area contributed by atoms with Crippen LogP contribution in [0.2, 0.25) is 0 Å². The number of carbonyl (C=O) groups excluding carboxylic acids is 2. The van der Waals surface area contributed by atoms with Gasteiger partial charge in [0.15, 0.2) is 0 Å². The second kappa shape index (κ2) is 13.9. The maximum absolute atomic E-state index is 14.1. The molecule has 3 aromatic rings. The van der Waals surface area contributed by atoms with Gasteiger partial charge in [0.05, 0.1) is 5.69 Å². The van der Waals surface area contributed by atoms with Gasteiger partial charge < -0.3 is 10.2 Å². The summed E-state index contributed by atoms with van der Waals surface area (Å²) in [5.41, 5.74) is 3.14. The van der Waals surface area contributed by atoms with Crippen LogP contribution in [-0.4, -0.2) is 62.7 Å². The van der Waals surface area contributed by atoms with Gasteiger partial charge in [-0.25, -0.2) is 4.31 Å². The fraction of sp³-hybridized carbons (Fsp3) is 0.333. The molecule has 1 N–H and O–H groups in total. The van der Waals surface area contributed by atoms with Gasteiger partial charge >= 0.3 is 10.2 Å². The Hall–Kier alpha value is -3.69. The third-order valence-corrected chi connectivity index (χ3v) is 8.14. The average molecular weight is 551 g/mol. The summed E-state index contributed by atoms with van der Waals surface area (Å²) in [6.45, 7) is 4.10. The highest BCUT2D eigenvalue weighted by Crippen LogP contribution is 2.21. The zero-order valence-electron chi connectivity index (χ0n) is 23.1. The highest BCUT2D eigenvalue weighted by Gasteiger charge is 2.34. The first-order valence-electron chi connectivity index (χ1n) is 13.1. The fourth-order valence-corrected chi connectivity index (χ4v) is 5.29. The third-order valence-electron chi connectivity index (χ3n) is 6.32. The van der Waals surface area contributed by atoms with Crippen molar-refractivity contribution in [2.24, 2.45) is 0 Å². The summed E-state index contributed by atoms with van der Waals surface area (Å²) in [4.78, 5) is 29.1. The Bertz CT molecular complexity index is 1330. The van der Waals surface area contributed by atoms with Crippen molar-refractivity contribution in [1.29, 1.82) is 0 Å². The molecule has 3 aromatic carbocycles. The highest BCUT2D eigenvalue weighted by atomic mass is 32.2. The van der Waals surface area contributed by atoms with Gasteiger partial charge in [-0.1, -0.05) is 85.3 Å². The summed E-state index contributed by atoms with van der Waals surface area (Å²) in [6, 6.07) is 24.9. The number of para-hydroxylation sites is 1. The van der Waals surface area contributed by atoms with Crippen molar-refractivity contribution in [3.05, 3.63) is 102 Å². The second-order valence-electron chi connectivity index (χ2n) is 9.64. The summed E-state index contributed by atoms with van der Waals surface area (Å²) in [5.74, 6) is -0.748. The van der Waals surface area contributed by atoms with Crippen molar-refractivity contribution in [3.8, 4) is 0 Å². The normalized spacial score (nSPS) is 12.1. The molecule has 0 aliphatic rings. The number of anilines is 1. The molecule has 8 nitrogen and oxygen atoms in total. The van der Waals surface area contributed by atoms with E-state index in [1.807, 2.05) is 68.4 Å². The van der Waals surface area contributed by atoms with Gasteiger partial charge in [-0.3, -0.25) is 9.59 Å². The van der Waals surface area contributed by atoms with Crippen molar-refractivity contribution < 1.29 is 18.0 Å². The number of hydrogen-bond acceptors (Lipinski definition) is 4. The molecule has 0 unspecified atom stereocenters. The molecule has 2 amide bonds. The van der Waals surface area contributed by atoms with E-state index in [4.69, 9.17) is 0 Å². The Kier molecular flexibility index (Phi) is 10.7. The number of nitrogens with zero attached hydrogens (tertiary/aromatic N) is 3. The van der Waals surface area contributed by atoms with Crippen LogP contribution in [0.1, 0.15) is 30.0 Å². The quantitative estimate of drug-likeness (QED) is 0.351. The van der Waals surface area contributed by atoms with E-state index in [9.17, 15) is 18.0 Å². The number of benzene rings is 3. The van der Waals surface area contributed by atoms with E-state index in [1.54, 1.807) is 30.3 Å². The Labute approximate surface area is 232 Å². The number of carbonyl (C=O) groups is 2. The van der Waals surface area contributed by atoms with Gasteiger partial charge in [0.1, 0.15) is 12.6 Å². The lowest BCUT2D eigenvalue weighted by Crippen LogP contribution is -2.54. The molecular weight excluding hydrogens is 512 g/mol. The van der Waals surface area contributed by atoms with Gasteiger partial charge in [-0.05, 0) is 36.6 Å². The van der Waals surface area contributed by atoms with Crippen LogP contribution in [0, 0.1) is 6.92 Å². The molecular formula is C30H38N4O4S. The van der Waals surface area contributed by atoms with E-state index in [-0.39, 0.29) is 12.5 Å². The average Bonchev–Trinajstić information content (AvgIpc) is 2.93. The fourth-order valence-electron chi connectivity index (χ4n) is 4.24. The summed E-state index contributed by atoms with van der Waals surface area (Å²) < 4.78 is 28.8. The van der Waals surface area contributed by atoms with Crippen LogP contribution < -0.4 is 9.62 Å². The zero-order chi connectivity index (χ0) is 28.4. The van der Waals surface area contributed by atoms with Gasteiger partial charge in [0.25, 0.3) is 0 Å². The van der Waals surface area contributed by atoms with Gasteiger partial charge in [0.2, 0.25) is 11.8 Å². The zero-order valence-corrected chi connectivity index (χ0v) is 23.9.